The molecular weight excluding hydrogens is 309 g/mol. The van der Waals surface area contributed by atoms with Gasteiger partial charge in [0, 0.05) is 18.3 Å². The average Bonchev–Trinajstić information content (AvgIpc) is 2.83. The topological polar surface area (TPSA) is 63.0 Å². The van der Waals surface area contributed by atoms with Gasteiger partial charge in [-0.05, 0) is 12.1 Å². The van der Waals surface area contributed by atoms with Crippen LogP contribution in [0.5, 0.6) is 0 Å². The lowest BCUT2D eigenvalue weighted by Gasteiger charge is -2.04. The van der Waals surface area contributed by atoms with Crippen LogP contribution in [-0.4, -0.2) is 19.6 Å². The molecule has 1 N–H and O–H groups in total. The molecule has 3 aromatic rings. The Morgan fingerprint density at radius 3 is 2.57 bits per heavy atom. The van der Waals surface area contributed by atoms with Crippen LogP contribution >= 0.6 is 12.4 Å². The summed E-state index contributed by atoms with van der Waals surface area (Å²) in [6.07, 6.45) is -3.12. The first-order chi connectivity index (χ1) is 9.45. The number of hydrogen-bond donors (Lipinski definition) is 1. The zero-order chi connectivity index (χ0) is 14.3. The quantitative estimate of drug-likeness (QED) is 0.750. The lowest BCUT2D eigenvalue weighted by atomic mass is 10.3. The van der Waals surface area contributed by atoms with E-state index in [4.69, 9.17) is 0 Å². The number of aromatic nitrogens is 4. The van der Waals surface area contributed by atoms with E-state index in [1.54, 1.807) is 18.2 Å². The van der Waals surface area contributed by atoms with Gasteiger partial charge in [-0.15, -0.1) is 12.4 Å². The summed E-state index contributed by atoms with van der Waals surface area (Å²) in [6.45, 7) is 0. The number of hydrogen-bond acceptors (Lipinski definition) is 3. The van der Waals surface area contributed by atoms with Gasteiger partial charge < -0.3 is 0 Å². The zero-order valence-electron chi connectivity index (χ0n) is 10.3. The summed E-state index contributed by atoms with van der Waals surface area (Å²) in [6, 6.07) is 6.90. The van der Waals surface area contributed by atoms with Gasteiger partial charge in [0.2, 0.25) is 0 Å². The van der Waals surface area contributed by atoms with Crippen LogP contribution in [0, 0.1) is 0 Å². The van der Waals surface area contributed by atoms with Crippen LogP contribution < -0.4 is 5.56 Å². The fourth-order valence-corrected chi connectivity index (χ4v) is 1.79. The number of halogens is 4. The molecule has 0 spiro atoms. The second-order valence-corrected chi connectivity index (χ2v) is 4.06. The highest BCUT2D eigenvalue weighted by molar-refractivity contribution is 5.85. The normalized spacial score (nSPS) is 11.4. The van der Waals surface area contributed by atoms with Crippen molar-refractivity contribution in [2.24, 2.45) is 0 Å². The second-order valence-electron chi connectivity index (χ2n) is 4.06. The first-order valence-corrected chi connectivity index (χ1v) is 5.56. The molecule has 0 bridgehead atoms. The molecule has 3 aromatic heterocycles. The molecule has 0 saturated carbocycles. The van der Waals surface area contributed by atoms with Crippen molar-refractivity contribution >= 4 is 18.1 Å². The predicted octanol–water partition coefficient (Wildman–Crippen LogP) is 2.53. The van der Waals surface area contributed by atoms with E-state index in [0.29, 0.717) is 17.5 Å². The van der Waals surface area contributed by atoms with Crippen LogP contribution in [0.4, 0.5) is 13.2 Å². The third-order valence-electron chi connectivity index (χ3n) is 2.68. The number of pyridine rings is 1. The highest BCUT2D eigenvalue weighted by atomic mass is 35.5. The molecule has 0 aliphatic heterocycles. The molecule has 0 aliphatic carbocycles. The van der Waals surface area contributed by atoms with Crippen LogP contribution in [0.25, 0.3) is 17.0 Å². The van der Waals surface area contributed by atoms with Crippen LogP contribution in [0.1, 0.15) is 5.69 Å². The van der Waals surface area contributed by atoms with E-state index >= 15 is 0 Å². The smallest absolute Gasteiger partial charge is 0.287 e. The molecule has 0 aromatic carbocycles. The summed E-state index contributed by atoms with van der Waals surface area (Å²) in [5.41, 5.74) is -1.23. The molecule has 0 atom stereocenters. The van der Waals surface area contributed by atoms with Gasteiger partial charge >= 0.3 is 6.18 Å². The number of alkyl halides is 3. The molecular formula is C12H8ClF3N4O. The Morgan fingerprint density at radius 1 is 1.19 bits per heavy atom. The van der Waals surface area contributed by atoms with Gasteiger partial charge in [-0.1, -0.05) is 6.07 Å². The summed E-state index contributed by atoms with van der Waals surface area (Å²) < 4.78 is 38.7. The fraction of sp³-hybridized carbons (Fsp3) is 0.0833. The minimum Gasteiger partial charge on any atom is -0.287 e. The van der Waals surface area contributed by atoms with Gasteiger partial charge in [0.1, 0.15) is 0 Å². The molecule has 0 saturated heterocycles. The highest BCUT2D eigenvalue weighted by Crippen LogP contribution is 2.27. The van der Waals surface area contributed by atoms with E-state index in [2.05, 4.69) is 15.1 Å². The van der Waals surface area contributed by atoms with Gasteiger partial charge in [-0.3, -0.25) is 14.9 Å². The number of aromatic amines is 1. The zero-order valence-corrected chi connectivity index (χ0v) is 11.1. The number of nitrogens with one attached hydrogen (secondary N) is 1. The predicted molar refractivity (Wildman–Crippen MR) is 71.3 cm³/mol. The van der Waals surface area contributed by atoms with Crippen LogP contribution in [-0.2, 0) is 6.18 Å². The number of fused-ring (bicyclic) bond motifs is 1. The van der Waals surface area contributed by atoms with E-state index in [1.807, 2.05) is 0 Å². The van der Waals surface area contributed by atoms with Gasteiger partial charge in [0.25, 0.3) is 5.56 Å². The maximum atomic E-state index is 12.6. The molecule has 0 amide bonds. The Hall–Kier alpha value is -2.35. The molecule has 0 aliphatic rings. The molecule has 0 unspecified atom stereocenters. The molecule has 0 radical (unpaired) electrons. The standard InChI is InChI=1S/C12H7F3N4O.ClH/c13-12(14,15)9-6-11(20)19-10(17-9)5-8(18-19)7-3-1-2-4-16-7;/h1-6,18H;1H. The largest absolute Gasteiger partial charge is 0.433 e. The van der Waals surface area contributed by atoms with E-state index in [1.165, 1.54) is 12.3 Å². The summed E-state index contributed by atoms with van der Waals surface area (Å²) in [5.74, 6) is 0. The van der Waals surface area contributed by atoms with Crippen molar-refractivity contribution < 1.29 is 13.2 Å². The van der Waals surface area contributed by atoms with Gasteiger partial charge in [0.15, 0.2) is 11.3 Å². The average molecular weight is 317 g/mol. The maximum absolute atomic E-state index is 12.6. The van der Waals surface area contributed by atoms with E-state index in [0.717, 1.165) is 4.52 Å². The molecule has 3 rings (SSSR count). The molecule has 9 heteroatoms. The van der Waals surface area contributed by atoms with Crippen molar-refractivity contribution in [3.05, 3.63) is 52.6 Å². The summed E-state index contributed by atoms with van der Waals surface area (Å²) >= 11 is 0. The number of rotatable bonds is 1. The Kier molecular flexibility index (Phi) is 3.73. The van der Waals surface area contributed by atoms with Crippen molar-refractivity contribution in [2.75, 3.05) is 0 Å². The first-order valence-electron chi connectivity index (χ1n) is 5.56. The van der Waals surface area contributed by atoms with Crippen molar-refractivity contribution in [1.82, 2.24) is 19.6 Å². The van der Waals surface area contributed by atoms with Gasteiger partial charge in [0.05, 0.1) is 11.4 Å². The van der Waals surface area contributed by atoms with Crippen molar-refractivity contribution in [3.63, 3.8) is 0 Å². The molecule has 21 heavy (non-hydrogen) atoms. The van der Waals surface area contributed by atoms with Crippen molar-refractivity contribution in [2.45, 2.75) is 6.18 Å². The Bertz CT molecular complexity index is 826. The third kappa shape index (κ3) is 2.75. The lowest BCUT2D eigenvalue weighted by Crippen LogP contribution is -2.19. The molecule has 0 fully saturated rings. The van der Waals surface area contributed by atoms with E-state index in [9.17, 15) is 18.0 Å². The van der Waals surface area contributed by atoms with Crippen LogP contribution in [0.15, 0.2) is 41.3 Å². The van der Waals surface area contributed by atoms with Crippen LogP contribution in [0.3, 0.4) is 0 Å². The van der Waals surface area contributed by atoms with Gasteiger partial charge in [-0.2, -0.15) is 13.2 Å². The molecule has 110 valence electrons. The lowest BCUT2D eigenvalue weighted by molar-refractivity contribution is -0.141. The van der Waals surface area contributed by atoms with E-state index in [-0.39, 0.29) is 18.1 Å². The highest BCUT2D eigenvalue weighted by Gasteiger charge is 2.33. The van der Waals surface area contributed by atoms with Crippen molar-refractivity contribution in [1.29, 1.82) is 0 Å². The minimum absolute atomic E-state index is 0. The third-order valence-corrected chi connectivity index (χ3v) is 2.68. The Labute approximate surface area is 121 Å². The second kappa shape index (κ2) is 5.21. The Morgan fingerprint density at radius 2 is 1.95 bits per heavy atom. The number of nitrogens with zero attached hydrogens (tertiary/aromatic N) is 3. The Balaban J connectivity index is 0.00000161. The molecule has 3 heterocycles. The van der Waals surface area contributed by atoms with E-state index < -0.39 is 17.4 Å². The fourth-order valence-electron chi connectivity index (χ4n) is 1.79. The SMILES string of the molecule is Cl.O=c1cc(C(F)(F)F)nc2cc(-c3ccccn3)[nH]n12. The van der Waals surface area contributed by atoms with Crippen molar-refractivity contribution in [3.8, 4) is 11.4 Å². The van der Waals surface area contributed by atoms with Gasteiger partial charge in [-0.25, -0.2) is 9.50 Å². The monoisotopic (exact) mass is 316 g/mol. The minimum atomic E-state index is -4.66. The molecule has 5 nitrogen and oxygen atoms in total. The van der Waals surface area contributed by atoms with Crippen LogP contribution in [0.2, 0.25) is 0 Å². The summed E-state index contributed by atoms with van der Waals surface area (Å²) in [5, 5.41) is 2.67. The number of H-pyrrole nitrogens is 1. The maximum Gasteiger partial charge on any atom is 0.433 e. The summed E-state index contributed by atoms with van der Waals surface area (Å²) in [4.78, 5) is 19.1. The first kappa shape index (κ1) is 15.0. The summed E-state index contributed by atoms with van der Waals surface area (Å²) in [7, 11) is 0.